The number of ether oxygens (including phenoxy) is 3. The maximum Gasteiger partial charge on any atom is 0.255 e. The highest BCUT2D eigenvalue weighted by Crippen LogP contribution is 2.35. The molecule has 2 aromatic rings. The maximum absolute atomic E-state index is 12.6. The molecule has 4 rings (SSSR count). The van der Waals surface area contributed by atoms with E-state index in [9.17, 15) is 4.79 Å². The third kappa shape index (κ3) is 2.71. The fraction of sp³-hybridized carbons (Fsp3) is 0.412. The van der Waals surface area contributed by atoms with E-state index in [0.29, 0.717) is 30.2 Å². The number of carbonyl (C=O) groups excluding carboxylic acids is 1. The molecule has 126 valence electrons. The van der Waals surface area contributed by atoms with Gasteiger partial charge in [0.1, 0.15) is 0 Å². The first-order valence-electron chi connectivity index (χ1n) is 7.99. The molecule has 1 aromatic heterocycles. The van der Waals surface area contributed by atoms with Crippen molar-refractivity contribution in [3.8, 4) is 11.5 Å². The van der Waals surface area contributed by atoms with E-state index in [4.69, 9.17) is 14.2 Å². The van der Waals surface area contributed by atoms with Crippen LogP contribution in [0.4, 0.5) is 0 Å². The number of carbonyl (C=O) groups is 1. The summed E-state index contributed by atoms with van der Waals surface area (Å²) in [4.78, 5) is 12.6. The highest BCUT2D eigenvalue weighted by atomic mass is 16.7. The summed E-state index contributed by atoms with van der Waals surface area (Å²) >= 11 is 0. The number of hydrogen-bond acceptors (Lipinski definition) is 5. The molecule has 1 atom stereocenters. The molecule has 3 heterocycles. The molecule has 0 saturated carbocycles. The fourth-order valence-electron chi connectivity index (χ4n) is 3.13. The Morgan fingerprint density at radius 3 is 3.17 bits per heavy atom. The number of fused-ring (bicyclic) bond motifs is 1. The van der Waals surface area contributed by atoms with Crippen LogP contribution in [-0.2, 0) is 18.3 Å². The van der Waals surface area contributed by atoms with Gasteiger partial charge >= 0.3 is 0 Å². The molecule has 1 fully saturated rings. The Hall–Kier alpha value is -2.54. The number of nitrogens with zero attached hydrogens (tertiary/aromatic N) is 2. The number of aromatic nitrogens is 2. The first kappa shape index (κ1) is 15.0. The van der Waals surface area contributed by atoms with Gasteiger partial charge in [-0.3, -0.25) is 9.48 Å². The molecule has 7 nitrogen and oxygen atoms in total. The lowest BCUT2D eigenvalue weighted by molar-refractivity contribution is 0.0949. The van der Waals surface area contributed by atoms with Gasteiger partial charge in [0.05, 0.1) is 17.9 Å². The average molecular weight is 329 g/mol. The first-order valence-corrected chi connectivity index (χ1v) is 7.99. The van der Waals surface area contributed by atoms with Crippen LogP contribution in [0, 0.1) is 0 Å². The van der Waals surface area contributed by atoms with Gasteiger partial charge < -0.3 is 19.5 Å². The summed E-state index contributed by atoms with van der Waals surface area (Å²) in [6, 6.07) is 5.66. The molecule has 0 unspecified atom stereocenters. The molecule has 7 heteroatoms. The minimum atomic E-state index is -0.137. The van der Waals surface area contributed by atoms with Crippen molar-refractivity contribution in [3.05, 3.63) is 41.2 Å². The van der Waals surface area contributed by atoms with Gasteiger partial charge in [-0.1, -0.05) is 12.1 Å². The Labute approximate surface area is 139 Å². The minimum Gasteiger partial charge on any atom is -0.454 e. The van der Waals surface area contributed by atoms with Crippen molar-refractivity contribution < 1.29 is 19.0 Å². The van der Waals surface area contributed by atoms with Crippen molar-refractivity contribution in [1.82, 2.24) is 15.1 Å². The number of amides is 1. The standard InChI is InChI=1S/C17H19N3O4/c1-20-8-13(15(19-20)12-5-6-22-9-12)17(21)18-7-11-3-2-4-14-16(11)24-10-23-14/h2-4,8,12H,5-7,9-10H2,1H3,(H,18,21)/t12-/m1/s1. The molecular formula is C17H19N3O4. The second-order valence-electron chi connectivity index (χ2n) is 6.00. The van der Waals surface area contributed by atoms with Gasteiger partial charge in [-0.2, -0.15) is 5.10 Å². The van der Waals surface area contributed by atoms with Crippen LogP contribution < -0.4 is 14.8 Å². The Bertz CT molecular complexity index is 765. The summed E-state index contributed by atoms with van der Waals surface area (Å²) in [5, 5.41) is 7.41. The number of benzene rings is 1. The van der Waals surface area contributed by atoms with E-state index in [1.54, 1.807) is 10.9 Å². The lowest BCUT2D eigenvalue weighted by atomic mass is 10.0. The zero-order chi connectivity index (χ0) is 16.5. The molecule has 24 heavy (non-hydrogen) atoms. The molecule has 0 aliphatic carbocycles. The van der Waals surface area contributed by atoms with E-state index in [0.717, 1.165) is 24.3 Å². The highest BCUT2D eigenvalue weighted by molar-refractivity contribution is 5.95. The topological polar surface area (TPSA) is 74.6 Å². The number of hydrogen-bond donors (Lipinski definition) is 1. The maximum atomic E-state index is 12.6. The molecule has 0 radical (unpaired) electrons. The van der Waals surface area contributed by atoms with E-state index >= 15 is 0 Å². The zero-order valence-electron chi connectivity index (χ0n) is 13.4. The molecule has 1 N–H and O–H groups in total. The Kier molecular flexibility index (Phi) is 3.86. The molecular weight excluding hydrogens is 310 g/mol. The summed E-state index contributed by atoms with van der Waals surface area (Å²) in [6.45, 7) is 1.93. The van der Waals surface area contributed by atoms with E-state index in [2.05, 4.69) is 10.4 Å². The van der Waals surface area contributed by atoms with Crippen molar-refractivity contribution in [1.29, 1.82) is 0 Å². The molecule has 0 bridgehead atoms. The molecule has 1 saturated heterocycles. The predicted molar refractivity (Wildman–Crippen MR) is 85.1 cm³/mol. The van der Waals surface area contributed by atoms with E-state index < -0.39 is 0 Å². The third-order valence-electron chi connectivity index (χ3n) is 4.34. The van der Waals surface area contributed by atoms with Crippen molar-refractivity contribution in [2.24, 2.45) is 7.05 Å². The van der Waals surface area contributed by atoms with Crippen LogP contribution >= 0.6 is 0 Å². The van der Waals surface area contributed by atoms with Gasteiger partial charge in [0, 0.05) is 37.9 Å². The van der Waals surface area contributed by atoms with Crippen LogP contribution in [0.3, 0.4) is 0 Å². The Balaban J connectivity index is 1.50. The average Bonchev–Trinajstić information content (AvgIpc) is 3.31. The number of para-hydroxylation sites is 1. The van der Waals surface area contributed by atoms with E-state index in [1.165, 1.54) is 0 Å². The SMILES string of the molecule is Cn1cc(C(=O)NCc2cccc3c2OCO3)c([C@@H]2CCOC2)n1. The second kappa shape index (κ2) is 6.16. The number of aryl methyl sites for hydroxylation is 1. The van der Waals surface area contributed by atoms with Gasteiger partial charge in [-0.15, -0.1) is 0 Å². The summed E-state index contributed by atoms with van der Waals surface area (Å²) in [5.41, 5.74) is 2.32. The van der Waals surface area contributed by atoms with Gasteiger partial charge in [0.2, 0.25) is 6.79 Å². The van der Waals surface area contributed by atoms with Crippen LogP contribution in [0.25, 0.3) is 0 Å². The molecule has 1 aromatic carbocycles. The monoisotopic (exact) mass is 329 g/mol. The quantitative estimate of drug-likeness (QED) is 0.922. The molecule has 1 amide bonds. The number of rotatable bonds is 4. The fourth-order valence-corrected chi connectivity index (χ4v) is 3.13. The van der Waals surface area contributed by atoms with E-state index in [1.807, 2.05) is 25.2 Å². The summed E-state index contributed by atoms with van der Waals surface area (Å²) in [7, 11) is 1.82. The van der Waals surface area contributed by atoms with Crippen LogP contribution in [0.2, 0.25) is 0 Å². The van der Waals surface area contributed by atoms with Crippen molar-refractivity contribution in [3.63, 3.8) is 0 Å². The normalized spacial score (nSPS) is 18.8. The van der Waals surface area contributed by atoms with Crippen LogP contribution in [0.1, 0.15) is 34.0 Å². The molecule has 0 spiro atoms. The van der Waals surface area contributed by atoms with Gasteiger partial charge in [-0.05, 0) is 12.5 Å². The van der Waals surface area contributed by atoms with Crippen LogP contribution in [0.5, 0.6) is 11.5 Å². The Morgan fingerprint density at radius 1 is 1.42 bits per heavy atom. The summed E-state index contributed by atoms with van der Waals surface area (Å²) in [5.74, 6) is 1.46. The molecule has 2 aliphatic rings. The van der Waals surface area contributed by atoms with Gasteiger partial charge in [-0.25, -0.2) is 0 Å². The third-order valence-corrected chi connectivity index (χ3v) is 4.34. The van der Waals surface area contributed by atoms with Crippen molar-refractivity contribution in [2.45, 2.75) is 18.9 Å². The lowest BCUT2D eigenvalue weighted by Gasteiger charge is -2.09. The first-order chi connectivity index (χ1) is 11.7. The van der Waals surface area contributed by atoms with Crippen LogP contribution in [-0.4, -0.2) is 35.7 Å². The van der Waals surface area contributed by atoms with Crippen molar-refractivity contribution >= 4 is 5.91 Å². The number of nitrogens with one attached hydrogen (secondary N) is 1. The van der Waals surface area contributed by atoms with Gasteiger partial charge in [0.25, 0.3) is 5.91 Å². The van der Waals surface area contributed by atoms with Gasteiger partial charge in [0.15, 0.2) is 11.5 Å². The van der Waals surface area contributed by atoms with E-state index in [-0.39, 0.29) is 18.6 Å². The van der Waals surface area contributed by atoms with Crippen molar-refractivity contribution in [2.75, 3.05) is 20.0 Å². The highest BCUT2D eigenvalue weighted by Gasteiger charge is 2.27. The van der Waals surface area contributed by atoms with Crippen LogP contribution in [0.15, 0.2) is 24.4 Å². The smallest absolute Gasteiger partial charge is 0.255 e. The zero-order valence-corrected chi connectivity index (χ0v) is 13.4. The Morgan fingerprint density at radius 2 is 2.33 bits per heavy atom. The predicted octanol–water partition coefficient (Wildman–Crippen LogP) is 1.58. The largest absolute Gasteiger partial charge is 0.454 e. The summed E-state index contributed by atoms with van der Waals surface area (Å²) in [6.07, 6.45) is 2.66. The second-order valence-corrected chi connectivity index (χ2v) is 6.00. The summed E-state index contributed by atoms with van der Waals surface area (Å²) < 4.78 is 17.9. The molecule has 2 aliphatic heterocycles. The minimum absolute atomic E-state index is 0.137. The lowest BCUT2D eigenvalue weighted by Crippen LogP contribution is -2.24.